The fourth-order valence-corrected chi connectivity index (χ4v) is 5.22. The molecule has 1 aromatic heterocycles. The van der Waals surface area contributed by atoms with Crippen LogP contribution in [-0.4, -0.2) is 47.0 Å². The zero-order valence-electron chi connectivity index (χ0n) is 22.2. The molecule has 0 radical (unpaired) electrons. The normalized spacial score (nSPS) is 23.9. The van der Waals surface area contributed by atoms with Crippen LogP contribution in [0.15, 0.2) is 48.8 Å². The number of rotatable bonds is 12. The lowest BCUT2D eigenvalue weighted by atomic mass is 10.00. The molecule has 1 aliphatic carbocycles. The molecule has 0 spiro atoms. The van der Waals surface area contributed by atoms with Crippen LogP contribution >= 0.6 is 0 Å². The maximum atomic E-state index is 12.8. The number of carbonyl (C=O) groups is 1. The number of pyridine rings is 1. The van der Waals surface area contributed by atoms with E-state index in [1.807, 2.05) is 30.9 Å². The molecule has 3 fully saturated rings. The van der Waals surface area contributed by atoms with E-state index in [4.69, 9.17) is 4.74 Å². The third-order valence-electron chi connectivity index (χ3n) is 7.64. The number of carbonyl (C=O) groups excluding carboxylic acids is 1. The summed E-state index contributed by atoms with van der Waals surface area (Å²) in [6, 6.07) is 12.5. The number of epoxide rings is 1. The second-order valence-electron chi connectivity index (χ2n) is 11.3. The van der Waals surface area contributed by atoms with Crippen molar-refractivity contribution in [2.24, 2.45) is 11.8 Å². The molecule has 2 aromatic rings. The predicted octanol–water partition coefficient (Wildman–Crippen LogP) is 4.73. The molecule has 3 N–H and O–H groups in total. The van der Waals surface area contributed by atoms with Gasteiger partial charge in [0.25, 0.3) is 0 Å². The highest BCUT2D eigenvalue weighted by Crippen LogP contribution is 2.43. The molecule has 3 unspecified atom stereocenters. The van der Waals surface area contributed by atoms with Crippen LogP contribution in [-0.2, 0) is 16.0 Å². The SMILES string of the molecule is CC/C(=C\NCCC(C)(C)O)c1cccc(CC2OC2Nc2cc(N3CCC(C4CC4)C3=O)ccn2)c1. The molecule has 1 aromatic carbocycles. The number of benzene rings is 1. The van der Waals surface area contributed by atoms with Crippen molar-refractivity contribution >= 4 is 23.0 Å². The smallest absolute Gasteiger partial charge is 0.230 e. The lowest BCUT2D eigenvalue weighted by Crippen LogP contribution is -2.27. The summed E-state index contributed by atoms with van der Waals surface area (Å²) in [4.78, 5) is 19.2. The molecule has 3 aliphatic rings. The van der Waals surface area contributed by atoms with Gasteiger partial charge < -0.3 is 25.4 Å². The fraction of sp³-hybridized carbons (Fsp3) is 0.533. The summed E-state index contributed by atoms with van der Waals surface area (Å²) in [7, 11) is 0. The van der Waals surface area contributed by atoms with E-state index < -0.39 is 5.60 Å². The number of ether oxygens (including phenoxy) is 1. The quantitative estimate of drug-likeness (QED) is 0.286. The van der Waals surface area contributed by atoms with Gasteiger partial charge in [-0.3, -0.25) is 4.79 Å². The van der Waals surface area contributed by atoms with Crippen molar-refractivity contribution in [2.75, 3.05) is 23.3 Å². The van der Waals surface area contributed by atoms with Crippen LogP contribution in [0.2, 0.25) is 0 Å². The molecule has 0 bridgehead atoms. The van der Waals surface area contributed by atoms with Crippen LogP contribution in [0, 0.1) is 11.8 Å². The maximum absolute atomic E-state index is 12.8. The number of nitrogens with zero attached hydrogens (tertiary/aromatic N) is 2. The van der Waals surface area contributed by atoms with Crippen LogP contribution in [0.1, 0.15) is 64.0 Å². The third-order valence-corrected chi connectivity index (χ3v) is 7.64. The van der Waals surface area contributed by atoms with Crippen molar-refractivity contribution in [1.82, 2.24) is 10.3 Å². The standard InChI is InChI=1S/C30H40N4O3/c1-4-21(19-31-14-12-30(2,3)36)23-7-5-6-20(16-23)17-26-28(37-26)33-27-18-24(10-13-32-27)34-15-11-25(29(34)35)22-8-9-22/h5-7,10,13,16,18-19,22,25-26,28,31,36H,4,8-9,11-12,14-15,17H2,1-3H3,(H,32,33)/b21-19+. The molecule has 1 saturated carbocycles. The Morgan fingerprint density at radius 3 is 2.84 bits per heavy atom. The first-order valence-corrected chi connectivity index (χ1v) is 13.7. The van der Waals surface area contributed by atoms with E-state index in [9.17, 15) is 9.90 Å². The summed E-state index contributed by atoms with van der Waals surface area (Å²) in [5.74, 6) is 1.83. The van der Waals surface area contributed by atoms with Gasteiger partial charge in [0, 0.05) is 49.6 Å². The molecule has 37 heavy (non-hydrogen) atoms. The molecule has 3 heterocycles. The Hall–Kier alpha value is -2.90. The molecule has 198 valence electrons. The summed E-state index contributed by atoms with van der Waals surface area (Å²) in [6.45, 7) is 7.35. The summed E-state index contributed by atoms with van der Waals surface area (Å²) >= 11 is 0. The largest absolute Gasteiger partial charge is 0.391 e. The second-order valence-corrected chi connectivity index (χ2v) is 11.3. The fourth-order valence-electron chi connectivity index (χ4n) is 5.22. The van der Waals surface area contributed by atoms with Crippen LogP contribution in [0.5, 0.6) is 0 Å². The molecule has 5 rings (SSSR count). The Morgan fingerprint density at radius 1 is 1.24 bits per heavy atom. The van der Waals surface area contributed by atoms with Crippen molar-refractivity contribution in [1.29, 1.82) is 0 Å². The van der Waals surface area contributed by atoms with E-state index >= 15 is 0 Å². The van der Waals surface area contributed by atoms with Crippen LogP contribution < -0.4 is 15.5 Å². The van der Waals surface area contributed by atoms with E-state index in [0.29, 0.717) is 12.3 Å². The lowest BCUT2D eigenvalue weighted by Gasteiger charge is -2.17. The van der Waals surface area contributed by atoms with Gasteiger partial charge in [-0.15, -0.1) is 0 Å². The Labute approximate surface area is 220 Å². The summed E-state index contributed by atoms with van der Waals surface area (Å²) in [5.41, 5.74) is 3.94. The zero-order chi connectivity index (χ0) is 26.0. The van der Waals surface area contributed by atoms with Crippen LogP contribution in [0.4, 0.5) is 11.5 Å². The molecule has 7 heteroatoms. The molecular weight excluding hydrogens is 464 g/mol. The summed E-state index contributed by atoms with van der Waals surface area (Å²) < 4.78 is 5.92. The predicted molar refractivity (Wildman–Crippen MR) is 147 cm³/mol. The Kier molecular flexibility index (Phi) is 7.54. The van der Waals surface area contributed by atoms with Gasteiger partial charge in [-0.1, -0.05) is 31.2 Å². The molecule has 1 amide bonds. The highest BCUT2D eigenvalue weighted by atomic mass is 16.6. The van der Waals surface area contributed by atoms with Gasteiger partial charge in [0.2, 0.25) is 5.91 Å². The van der Waals surface area contributed by atoms with E-state index in [1.54, 1.807) is 6.20 Å². The number of amides is 1. The van der Waals surface area contributed by atoms with Crippen LogP contribution in [0.3, 0.4) is 0 Å². The van der Waals surface area contributed by atoms with E-state index in [0.717, 1.165) is 43.9 Å². The molecule has 2 saturated heterocycles. The Morgan fingerprint density at radius 2 is 2.08 bits per heavy atom. The number of allylic oxidation sites excluding steroid dienone is 1. The van der Waals surface area contributed by atoms with E-state index in [2.05, 4.69) is 53.0 Å². The topological polar surface area (TPSA) is 90.0 Å². The lowest BCUT2D eigenvalue weighted by molar-refractivity contribution is -0.120. The van der Waals surface area contributed by atoms with Gasteiger partial charge in [-0.05, 0) is 74.6 Å². The maximum Gasteiger partial charge on any atom is 0.230 e. The first-order valence-electron chi connectivity index (χ1n) is 13.7. The summed E-state index contributed by atoms with van der Waals surface area (Å²) in [6.07, 6.45) is 9.66. The van der Waals surface area contributed by atoms with Crippen molar-refractivity contribution in [3.63, 3.8) is 0 Å². The Balaban J connectivity index is 1.15. The third kappa shape index (κ3) is 6.70. The second kappa shape index (κ2) is 10.8. The Bertz CT molecular complexity index is 1140. The van der Waals surface area contributed by atoms with Gasteiger partial charge in [0.1, 0.15) is 11.9 Å². The van der Waals surface area contributed by atoms with Gasteiger partial charge >= 0.3 is 0 Å². The summed E-state index contributed by atoms with van der Waals surface area (Å²) in [5, 5.41) is 16.6. The number of nitrogens with one attached hydrogen (secondary N) is 2. The van der Waals surface area contributed by atoms with Crippen molar-refractivity contribution in [3.8, 4) is 0 Å². The van der Waals surface area contributed by atoms with E-state index in [-0.39, 0.29) is 24.2 Å². The number of aromatic nitrogens is 1. The van der Waals surface area contributed by atoms with Gasteiger partial charge in [-0.2, -0.15) is 0 Å². The van der Waals surface area contributed by atoms with E-state index in [1.165, 1.54) is 29.5 Å². The highest BCUT2D eigenvalue weighted by molar-refractivity contribution is 5.97. The average Bonchev–Trinajstić information content (AvgIpc) is 3.79. The number of hydrogen-bond donors (Lipinski definition) is 3. The molecule has 2 aliphatic heterocycles. The minimum atomic E-state index is -0.663. The number of anilines is 2. The van der Waals surface area contributed by atoms with Gasteiger partial charge in [-0.25, -0.2) is 4.98 Å². The highest BCUT2D eigenvalue weighted by Gasteiger charge is 2.43. The molecule has 3 atom stereocenters. The van der Waals surface area contributed by atoms with Crippen molar-refractivity contribution in [3.05, 3.63) is 59.9 Å². The van der Waals surface area contributed by atoms with Gasteiger partial charge in [0.05, 0.1) is 5.60 Å². The number of aliphatic hydroxyl groups is 1. The van der Waals surface area contributed by atoms with Gasteiger partial charge in [0.15, 0.2) is 6.23 Å². The minimum Gasteiger partial charge on any atom is -0.391 e. The monoisotopic (exact) mass is 504 g/mol. The number of hydrogen-bond acceptors (Lipinski definition) is 6. The van der Waals surface area contributed by atoms with Crippen molar-refractivity contribution in [2.45, 2.75) is 77.2 Å². The van der Waals surface area contributed by atoms with Crippen LogP contribution in [0.25, 0.3) is 5.57 Å². The average molecular weight is 505 g/mol. The first-order chi connectivity index (χ1) is 17.8. The minimum absolute atomic E-state index is 0.0791. The first kappa shape index (κ1) is 25.7. The zero-order valence-corrected chi connectivity index (χ0v) is 22.2. The molecule has 7 nitrogen and oxygen atoms in total. The molecular formula is C30H40N4O3. The van der Waals surface area contributed by atoms with Crippen molar-refractivity contribution < 1.29 is 14.6 Å².